The molecule has 1 aliphatic carbocycles. The Kier molecular flexibility index (Phi) is 3.00. The molecule has 3 heteroatoms. The Morgan fingerprint density at radius 1 is 1.33 bits per heavy atom. The number of methoxy groups -OCH3 is 1. The number of nitrogens with zero attached hydrogens (tertiary/aromatic N) is 1. The lowest BCUT2D eigenvalue weighted by atomic mass is 10.2. The molecule has 3 rings (SSSR count). The van der Waals surface area contributed by atoms with Crippen molar-refractivity contribution >= 4 is 10.9 Å². The summed E-state index contributed by atoms with van der Waals surface area (Å²) >= 11 is 0. The van der Waals surface area contributed by atoms with Gasteiger partial charge in [0.2, 0.25) is 0 Å². The first-order valence-electron chi connectivity index (χ1n) is 6.71. The summed E-state index contributed by atoms with van der Waals surface area (Å²) in [5, 5.41) is 1.29. The van der Waals surface area contributed by atoms with Gasteiger partial charge in [-0.1, -0.05) is 0 Å². The van der Waals surface area contributed by atoms with Crippen LogP contribution in [0, 0.1) is 0 Å². The second kappa shape index (κ2) is 4.65. The second-order valence-corrected chi connectivity index (χ2v) is 5.05. The van der Waals surface area contributed by atoms with Crippen LogP contribution < -0.4 is 10.5 Å². The van der Waals surface area contributed by atoms with E-state index in [4.69, 9.17) is 10.5 Å². The standard InChI is InChI=1S/C15H20N2O/c1-18-14-6-7-15-11(10-14)9-13(3-2-8-16)17(15)12-4-5-12/h6-7,9-10,12H,2-5,8,16H2,1H3. The second-order valence-electron chi connectivity index (χ2n) is 5.05. The van der Waals surface area contributed by atoms with Crippen LogP contribution in [-0.2, 0) is 6.42 Å². The summed E-state index contributed by atoms with van der Waals surface area (Å²) in [7, 11) is 1.72. The Hall–Kier alpha value is -1.48. The zero-order chi connectivity index (χ0) is 12.5. The van der Waals surface area contributed by atoms with E-state index in [0.717, 1.165) is 25.1 Å². The first-order chi connectivity index (χ1) is 8.83. The Labute approximate surface area is 108 Å². The van der Waals surface area contributed by atoms with Gasteiger partial charge in [0.1, 0.15) is 5.75 Å². The molecule has 0 bridgehead atoms. The Morgan fingerprint density at radius 2 is 2.17 bits per heavy atom. The van der Waals surface area contributed by atoms with Crippen molar-refractivity contribution in [2.45, 2.75) is 31.7 Å². The van der Waals surface area contributed by atoms with Crippen molar-refractivity contribution < 1.29 is 4.74 Å². The number of nitrogens with two attached hydrogens (primary N) is 1. The van der Waals surface area contributed by atoms with E-state index in [9.17, 15) is 0 Å². The molecule has 0 spiro atoms. The molecule has 0 unspecified atom stereocenters. The van der Waals surface area contributed by atoms with Gasteiger partial charge in [-0.3, -0.25) is 0 Å². The zero-order valence-electron chi connectivity index (χ0n) is 10.9. The van der Waals surface area contributed by atoms with Gasteiger partial charge < -0.3 is 15.0 Å². The summed E-state index contributed by atoms with van der Waals surface area (Å²) in [6.07, 6.45) is 4.75. The van der Waals surface area contributed by atoms with Crippen LogP contribution in [0.25, 0.3) is 10.9 Å². The molecule has 1 aliphatic rings. The molecule has 1 fully saturated rings. The van der Waals surface area contributed by atoms with E-state index in [2.05, 4.69) is 22.8 Å². The summed E-state index contributed by atoms with van der Waals surface area (Å²) < 4.78 is 7.80. The molecule has 1 aromatic heterocycles. The van der Waals surface area contributed by atoms with Crippen LogP contribution in [-0.4, -0.2) is 18.2 Å². The molecule has 0 atom stereocenters. The minimum absolute atomic E-state index is 0.712. The Morgan fingerprint density at radius 3 is 2.83 bits per heavy atom. The molecule has 18 heavy (non-hydrogen) atoms. The molecule has 0 radical (unpaired) electrons. The molecule has 2 aromatic rings. The quantitative estimate of drug-likeness (QED) is 0.878. The molecular weight excluding hydrogens is 224 g/mol. The highest BCUT2D eigenvalue weighted by atomic mass is 16.5. The zero-order valence-corrected chi connectivity index (χ0v) is 10.9. The summed E-state index contributed by atoms with van der Waals surface area (Å²) in [4.78, 5) is 0. The maximum atomic E-state index is 5.63. The average Bonchev–Trinajstić information content (AvgIpc) is 3.16. The number of ether oxygens (including phenoxy) is 1. The lowest BCUT2D eigenvalue weighted by Crippen LogP contribution is -2.05. The van der Waals surface area contributed by atoms with E-state index >= 15 is 0 Å². The lowest BCUT2D eigenvalue weighted by molar-refractivity contribution is 0.415. The molecule has 1 heterocycles. The predicted octanol–water partition coefficient (Wildman–Crippen LogP) is 2.88. The van der Waals surface area contributed by atoms with Gasteiger partial charge in [-0.2, -0.15) is 0 Å². The van der Waals surface area contributed by atoms with Gasteiger partial charge in [0.25, 0.3) is 0 Å². The number of rotatable bonds is 5. The van der Waals surface area contributed by atoms with Crippen LogP contribution in [0.5, 0.6) is 5.75 Å². The monoisotopic (exact) mass is 244 g/mol. The molecular formula is C15H20N2O. The number of fused-ring (bicyclic) bond motifs is 1. The summed E-state index contributed by atoms with van der Waals surface area (Å²) in [6.45, 7) is 0.759. The van der Waals surface area contributed by atoms with Gasteiger partial charge in [-0.25, -0.2) is 0 Å². The van der Waals surface area contributed by atoms with Gasteiger partial charge in [-0.15, -0.1) is 0 Å². The van der Waals surface area contributed by atoms with E-state index in [0.29, 0.717) is 6.04 Å². The largest absolute Gasteiger partial charge is 0.497 e. The van der Waals surface area contributed by atoms with Crippen molar-refractivity contribution in [1.29, 1.82) is 0 Å². The number of benzene rings is 1. The topological polar surface area (TPSA) is 40.2 Å². The van der Waals surface area contributed by atoms with Crippen LogP contribution in [0.4, 0.5) is 0 Å². The first kappa shape index (κ1) is 11.6. The van der Waals surface area contributed by atoms with Gasteiger partial charge >= 0.3 is 0 Å². The minimum Gasteiger partial charge on any atom is -0.497 e. The third-order valence-corrected chi connectivity index (χ3v) is 3.67. The SMILES string of the molecule is COc1ccc2c(c1)cc(CCCN)n2C1CC1. The summed E-state index contributed by atoms with van der Waals surface area (Å²) in [6, 6.07) is 9.36. The van der Waals surface area contributed by atoms with Gasteiger partial charge in [0, 0.05) is 22.6 Å². The highest BCUT2D eigenvalue weighted by Gasteiger charge is 2.27. The highest BCUT2D eigenvalue weighted by molar-refractivity contribution is 5.83. The van der Waals surface area contributed by atoms with Crippen molar-refractivity contribution in [3.8, 4) is 5.75 Å². The van der Waals surface area contributed by atoms with Gasteiger partial charge in [0.05, 0.1) is 7.11 Å². The molecule has 96 valence electrons. The normalized spacial score (nSPS) is 15.2. The van der Waals surface area contributed by atoms with Crippen molar-refractivity contribution in [3.05, 3.63) is 30.0 Å². The van der Waals surface area contributed by atoms with Crippen LogP contribution in [0.1, 0.15) is 31.0 Å². The molecule has 3 nitrogen and oxygen atoms in total. The van der Waals surface area contributed by atoms with Crippen LogP contribution in [0.2, 0.25) is 0 Å². The molecule has 0 amide bonds. The third kappa shape index (κ3) is 1.99. The number of aromatic nitrogens is 1. The Bertz CT molecular complexity index is 555. The van der Waals surface area contributed by atoms with Crippen molar-refractivity contribution in [1.82, 2.24) is 4.57 Å². The van der Waals surface area contributed by atoms with E-state index in [1.54, 1.807) is 7.11 Å². The molecule has 0 aliphatic heterocycles. The van der Waals surface area contributed by atoms with Crippen molar-refractivity contribution in [3.63, 3.8) is 0 Å². The maximum Gasteiger partial charge on any atom is 0.119 e. The van der Waals surface area contributed by atoms with E-state index in [1.807, 2.05) is 6.07 Å². The van der Waals surface area contributed by atoms with Crippen molar-refractivity contribution in [2.75, 3.05) is 13.7 Å². The maximum absolute atomic E-state index is 5.63. The first-order valence-corrected chi connectivity index (χ1v) is 6.71. The molecule has 0 saturated heterocycles. The van der Waals surface area contributed by atoms with E-state index < -0.39 is 0 Å². The minimum atomic E-state index is 0.712. The number of hydrogen-bond acceptors (Lipinski definition) is 2. The molecule has 1 aromatic carbocycles. The fourth-order valence-corrected chi connectivity index (χ4v) is 2.64. The smallest absolute Gasteiger partial charge is 0.119 e. The van der Waals surface area contributed by atoms with Crippen molar-refractivity contribution in [2.24, 2.45) is 5.73 Å². The molecule has 2 N–H and O–H groups in total. The summed E-state index contributed by atoms with van der Waals surface area (Å²) in [5.41, 5.74) is 8.39. The Balaban J connectivity index is 2.06. The highest BCUT2D eigenvalue weighted by Crippen LogP contribution is 2.40. The third-order valence-electron chi connectivity index (χ3n) is 3.67. The fourth-order valence-electron chi connectivity index (χ4n) is 2.64. The fraction of sp³-hybridized carbons (Fsp3) is 0.467. The van der Waals surface area contributed by atoms with Crippen LogP contribution in [0.15, 0.2) is 24.3 Å². The van der Waals surface area contributed by atoms with E-state index in [-0.39, 0.29) is 0 Å². The van der Waals surface area contributed by atoms with E-state index in [1.165, 1.54) is 29.4 Å². The molecule has 1 saturated carbocycles. The van der Waals surface area contributed by atoms with Crippen LogP contribution >= 0.6 is 0 Å². The van der Waals surface area contributed by atoms with Gasteiger partial charge in [0.15, 0.2) is 0 Å². The van der Waals surface area contributed by atoms with Crippen LogP contribution in [0.3, 0.4) is 0 Å². The number of hydrogen-bond donors (Lipinski definition) is 1. The predicted molar refractivity (Wildman–Crippen MR) is 74.1 cm³/mol. The average molecular weight is 244 g/mol. The lowest BCUT2D eigenvalue weighted by Gasteiger charge is -2.09. The number of aryl methyl sites for hydroxylation is 1. The van der Waals surface area contributed by atoms with Gasteiger partial charge in [-0.05, 0) is 56.5 Å². The summed E-state index contributed by atoms with van der Waals surface area (Å²) in [5.74, 6) is 0.931.